The van der Waals surface area contributed by atoms with Gasteiger partial charge in [0.2, 0.25) is 0 Å². The Kier molecular flexibility index (Phi) is 4.39. The number of nitrogens with zero attached hydrogens (tertiary/aromatic N) is 2. The van der Waals surface area contributed by atoms with Crippen LogP contribution in [0.5, 0.6) is 5.75 Å². The summed E-state index contributed by atoms with van der Waals surface area (Å²) in [6, 6.07) is 14.7. The fraction of sp³-hybridized carbons (Fsp3) is 0.176. The monoisotopic (exact) mass is 314 g/mol. The molecule has 112 valence electrons. The lowest BCUT2D eigenvalue weighted by atomic mass is 10.2. The van der Waals surface area contributed by atoms with Crippen molar-refractivity contribution in [2.24, 2.45) is 0 Å². The van der Waals surface area contributed by atoms with Gasteiger partial charge >= 0.3 is 0 Å². The molecule has 0 aliphatic rings. The van der Waals surface area contributed by atoms with Crippen LogP contribution in [-0.4, -0.2) is 16.4 Å². The van der Waals surface area contributed by atoms with E-state index in [0.29, 0.717) is 30.0 Å². The van der Waals surface area contributed by atoms with Crippen LogP contribution in [0.15, 0.2) is 59.5 Å². The fourth-order valence-corrected chi connectivity index (χ4v) is 2.35. The third kappa shape index (κ3) is 3.28. The minimum Gasteiger partial charge on any atom is -0.494 e. The van der Waals surface area contributed by atoms with Gasteiger partial charge in [-0.1, -0.05) is 29.8 Å². The lowest BCUT2D eigenvalue weighted by Gasteiger charge is -2.08. The van der Waals surface area contributed by atoms with Crippen LogP contribution in [0.4, 0.5) is 0 Å². The smallest absolute Gasteiger partial charge is 0.274 e. The van der Waals surface area contributed by atoms with Crippen LogP contribution < -0.4 is 10.3 Å². The number of fused-ring (bicyclic) bond motifs is 1. The molecule has 2 aromatic carbocycles. The molecular formula is C17H15ClN2O2. The van der Waals surface area contributed by atoms with Crippen LogP contribution in [0.3, 0.4) is 0 Å². The number of aryl methyl sites for hydroxylation is 1. The molecule has 22 heavy (non-hydrogen) atoms. The molecule has 0 aliphatic carbocycles. The zero-order valence-corrected chi connectivity index (χ0v) is 12.7. The Morgan fingerprint density at radius 3 is 2.68 bits per heavy atom. The summed E-state index contributed by atoms with van der Waals surface area (Å²) in [5.74, 6) is 0.767. The molecule has 0 aliphatic heterocycles. The Labute approximate surface area is 132 Å². The quantitative estimate of drug-likeness (QED) is 0.677. The maximum absolute atomic E-state index is 12.3. The third-order valence-electron chi connectivity index (χ3n) is 3.36. The summed E-state index contributed by atoms with van der Waals surface area (Å²) in [5, 5.41) is 6.43. The summed E-state index contributed by atoms with van der Waals surface area (Å²) in [7, 11) is 0. The number of hydrogen-bond acceptors (Lipinski definition) is 3. The lowest BCUT2D eigenvalue weighted by Crippen LogP contribution is -2.23. The predicted molar refractivity (Wildman–Crippen MR) is 87.6 cm³/mol. The number of ether oxygens (including phenoxy) is 1. The number of rotatable bonds is 5. The summed E-state index contributed by atoms with van der Waals surface area (Å²) in [6.07, 6.45) is 2.42. The first-order chi connectivity index (χ1) is 10.7. The summed E-state index contributed by atoms with van der Waals surface area (Å²) in [5.41, 5.74) is -0.0652. The standard InChI is InChI=1S/C17H15ClN2O2/c18-14-6-8-15(9-7-14)22-11-3-10-20-17(21)16-5-2-1-4-13(16)12-19-20/h1-2,4-9,12H,3,10-11H2. The fourth-order valence-electron chi connectivity index (χ4n) is 2.22. The maximum Gasteiger partial charge on any atom is 0.274 e. The predicted octanol–water partition coefficient (Wildman–Crippen LogP) is 3.52. The third-order valence-corrected chi connectivity index (χ3v) is 3.61. The van der Waals surface area contributed by atoms with Crippen molar-refractivity contribution in [3.63, 3.8) is 0 Å². The van der Waals surface area contributed by atoms with Gasteiger partial charge in [-0.25, -0.2) is 4.68 Å². The molecule has 0 N–H and O–H groups in total. The zero-order chi connectivity index (χ0) is 15.4. The van der Waals surface area contributed by atoms with Crippen molar-refractivity contribution >= 4 is 22.4 Å². The molecule has 0 radical (unpaired) electrons. The average molecular weight is 315 g/mol. The van der Waals surface area contributed by atoms with E-state index in [4.69, 9.17) is 16.3 Å². The SMILES string of the molecule is O=c1c2ccccc2cnn1CCCOc1ccc(Cl)cc1. The van der Waals surface area contributed by atoms with Gasteiger partial charge in [-0.3, -0.25) is 4.79 Å². The highest BCUT2D eigenvalue weighted by atomic mass is 35.5. The Balaban J connectivity index is 1.61. The highest BCUT2D eigenvalue weighted by Crippen LogP contribution is 2.15. The molecule has 4 nitrogen and oxygen atoms in total. The summed E-state index contributed by atoms with van der Waals surface area (Å²) >= 11 is 5.82. The van der Waals surface area contributed by atoms with E-state index in [-0.39, 0.29) is 5.56 Å². The molecule has 3 aromatic rings. The Morgan fingerprint density at radius 2 is 1.86 bits per heavy atom. The molecule has 0 amide bonds. The van der Waals surface area contributed by atoms with E-state index in [1.165, 1.54) is 4.68 Å². The minimum absolute atomic E-state index is 0.0652. The molecule has 0 atom stereocenters. The largest absolute Gasteiger partial charge is 0.494 e. The van der Waals surface area contributed by atoms with Gasteiger partial charge in [0, 0.05) is 23.4 Å². The molecule has 0 bridgehead atoms. The van der Waals surface area contributed by atoms with E-state index in [0.717, 1.165) is 11.1 Å². The zero-order valence-electron chi connectivity index (χ0n) is 11.9. The first-order valence-electron chi connectivity index (χ1n) is 7.07. The van der Waals surface area contributed by atoms with E-state index >= 15 is 0 Å². The molecule has 5 heteroatoms. The second-order valence-electron chi connectivity index (χ2n) is 4.92. The first kappa shape index (κ1) is 14.6. The van der Waals surface area contributed by atoms with Crippen molar-refractivity contribution in [1.29, 1.82) is 0 Å². The normalized spacial score (nSPS) is 10.8. The molecule has 1 heterocycles. The highest BCUT2D eigenvalue weighted by molar-refractivity contribution is 6.30. The molecular weight excluding hydrogens is 300 g/mol. The van der Waals surface area contributed by atoms with Crippen molar-refractivity contribution in [2.45, 2.75) is 13.0 Å². The molecule has 0 spiro atoms. The minimum atomic E-state index is -0.0652. The number of halogens is 1. The maximum atomic E-state index is 12.3. The molecule has 0 saturated carbocycles. The van der Waals surface area contributed by atoms with Gasteiger partial charge < -0.3 is 4.74 Å². The van der Waals surface area contributed by atoms with E-state index < -0.39 is 0 Å². The lowest BCUT2D eigenvalue weighted by molar-refractivity contribution is 0.297. The second kappa shape index (κ2) is 6.62. The van der Waals surface area contributed by atoms with E-state index in [2.05, 4.69) is 5.10 Å². The Bertz CT molecular complexity index is 828. The van der Waals surface area contributed by atoms with Gasteiger partial charge in [-0.2, -0.15) is 5.10 Å². The van der Waals surface area contributed by atoms with Gasteiger partial charge in [0.05, 0.1) is 18.2 Å². The molecule has 3 rings (SSSR count). The van der Waals surface area contributed by atoms with E-state index in [9.17, 15) is 4.79 Å². The van der Waals surface area contributed by atoms with Crippen LogP contribution in [0.25, 0.3) is 10.8 Å². The molecule has 0 fully saturated rings. The van der Waals surface area contributed by atoms with Crippen molar-refractivity contribution in [2.75, 3.05) is 6.61 Å². The van der Waals surface area contributed by atoms with Crippen LogP contribution >= 0.6 is 11.6 Å². The summed E-state index contributed by atoms with van der Waals surface area (Å²) in [4.78, 5) is 12.3. The van der Waals surface area contributed by atoms with Crippen LogP contribution in [0.1, 0.15) is 6.42 Å². The number of hydrogen-bond donors (Lipinski definition) is 0. The molecule has 1 aromatic heterocycles. The van der Waals surface area contributed by atoms with Gasteiger partial charge in [0.25, 0.3) is 5.56 Å². The van der Waals surface area contributed by atoms with Crippen LogP contribution in [0, 0.1) is 0 Å². The Hall–Kier alpha value is -2.33. The van der Waals surface area contributed by atoms with Crippen molar-refractivity contribution in [3.05, 3.63) is 70.1 Å². The summed E-state index contributed by atoms with van der Waals surface area (Å²) < 4.78 is 7.09. The first-order valence-corrected chi connectivity index (χ1v) is 7.45. The second-order valence-corrected chi connectivity index (χ2v) is 5.35. The van der Waals surface area contributed by atoms with Gasteiger partial charge in [-0.15, -0.1) is 0 Å². The highest BCUT2D eigenvalue weighted by Gasteiger charge is 2.03. The van der Waals surface area contributed by atoms with E-state index in [1.54, 1.807) is 18.3 Å². The topological polar surface area (TPSA) is 44.1 Å². The summed E-state index contributed by atoms with van der Waals surface area (Å²) in [6.45, 7) is 1.04. The van der Waals surface area contributed by atoms with Crippen molar-refractivity contribution in [3.8, 4) is 5.75 Å². The van der Waals surface area contributed by atoms with Gasteiger partial charge in [0.15, 0.2) is 0 Å². The van der Waals surface area contributed by atoms with E-state index in [1.807, 2.05) is 36.4 Å². The molecule has 0 unspecified atom stereocenters. The average Bonchev–Trinajstić information content (AvgIpc) is 2.55. The van der Waals surface area contributed by atoms with Gasteiger partial charge in [0.1, 0.15) is 5.75 Å². The van der Waals surface area contributed by atoms with Crippen LogP contribution in [0.2, 0.25) is 5.02 Å². The van der Waals surface area contributed by atoms with Crippen LogP contribution in [-0.2, 0) is 6.54 Å². The van der Waals surface area contributed by atoms with Crippen molar-refractivity contribution in [1.82, 2.24) is 9.78 Å². The number of benzene rings is 2. The number of aromatic nitrogens is 2. The van der Waals surface area contributed by atoms with Crippen molar-refractivity contribution < 1.29 is 4.74 Å². The Morgan fingerprint density at radius 1 is 1.09 bits per heavy atom. The molecule has 0 saturated heterocycles. The van der Waals surface area contributed by atoms with Gasteiger partial charge in [-0.05, 0) is 30.3 Å².